The van der Waals surface area contributed by atoms with Crippen LogP contribution in [0.15, 0.2) is 48.5 Å². The van der Waals surface area contributed by atoms with E-state index < -0.39 is 0 Å². The second-order valence-electron chi connectivity index (χ2n) is 7.11. The molecule has 0 N–H and O–H groups in total. The van der Waals surface area contributed by atoms with E-state index in [4.69, 9.17) is 14.2 Å². The van der Waals surface area contributed by atoms with Crippen LogP contribution < -0.4 is 14.2 Å². The van der Waals surface area contributed by atoms with Crippen LogP contribution in [-0.4, -0.2) is 54.2 Å². The third kappa shape index (κ3) is 4.07. The van der Waals surface area contributed by atoms with E-state index in [0.717, 1.165) is 28.3 Å². The van der Waals surface area contributed by atoms with Gasteiger partial charge in [0, 0.05) is 24.9 Å². The van der Waals surface area contributed by atoms with E-state index in [0.29, 0.717) is 23.7 Å². The van der Waals surface area contributed by atoms with Gasteiger partial charge in [-0.2, -0.15) is 5.10 Å². The number of carbonyl (C=O) groups is 1. The lowest BCUT2D eigenvalue weighted by molar-refractivity contribution is 0.0749. The fraction of sp³-hybridized carbons (Fsp3) is 0.304. The van der Waals surface area contributed by atoms with Crippen LogP contribution >= 0.6 is 11.8 Å². The minimum Gasteiger partial charge on any atom is -0.497 e. The van der Waals surface area contributed by atoms with Crippen molar-refractivity contribution in [2.45, 2.75) is 5.37 Å². The maximum atomic E-state index is 13.5. The summed E-state index contributed by atoms with van der Waals surface area (Å²) in [5.41, 5.74) is 3.19. The predicted molar refractivity (Wildman–Crippen MR) is 121 cm³/mol. The molecule has 162 valence electrons. The molecule has 2 heterocycles. The summed E-state index contributed by atoms with van der Waals surface area (Å²) in [5, 5.41) is 4.47. The second-order valence-corrected chi connectivity index (χ2v) is 8.29. The number of carbonyl (C=O) groups excluding carboxylic acids is 1. The minimum atomic E-state index is -0.0949. The standard InChI is InChI=1S/C23H25N3O4S/c1-25-19(14-18(24-25)15-6-5-7-17(12-15)28-2)22(27)26-10-11-31-23(26)16-8-9-20(29-3)21(13-16)30-4/h5-9,12-14,23H,10-11H2,1-4H3. The van der Waals surface area contributed by atoms with Gasteiger partial charge in [0.25, 0.3) is 5.91 Å². The number of thioether (sulfide) groups is 1. The molecule has 8 heteroatoms. The molecule has 1 atom stereocenters. The monoisotopic (exact) mass is 439 g/mol. The molecule has 31 heavy (non-hydrogen) atoms. The molecule has 1 aliphatic rings. The maximum Gasteiger partial charge on any atom is 0.273 e. The summed E-state index contributed by atoms with van der Waals surface area (Å²) in [7, 11) is 6.65. The predicted octanol–water partition coefficient (Wildman–Crippen LogP) is 4.00. The summed E-state index contributed by atoms with van der Waals surface area (Å²) in [6.07, 6.45) is 0. The number of amides is 1. The zero-order valence-electron chi connectivity index (χ0n) is 18.0. The summed E-state index contributed by atoms with van der Waals surface area (Å²) in [4.78, 5) is 15.4. The lowest BCUT2D eigenvalue weighted by atomic mass is 10.1. The third-order valence-electron chi connectivity index (χ3n) is 5.31. The molecule has 1 unspecified atom stereocenters. The Morgan fingerprint density at radius 3 is 2.58 bits per heavy atom. The summed E-state index contributed by atoms with van der Waals surface area (Å²) >= 11 is 1.74. The molecular formula is C23H25N3O4S. The number of ether oxygens (including phenoxy) is 3. The molecule has 1 aromatic heterocycles. The SMILES string of the molecule is COc1cccc(-c2cc(C(=O)N3CCSC3c3ccc(OC)c(OC)c3)n(C)n2)c1. The van der Waals surface area contributed by atoms with Gasteiger partial charge >= 0.3 is 0 Å². The average molecular weight is 440 g/mol. The van der Waals surface area contributed by atoms with E-state index in [-0.39, 0.29) is 11.3 Å². The van der Waals surface area contributed by atoms with Gasteiger partial charge in [0.05, 0.1) is 27.0 Å². The van der Waals surface area contributed by atoms with Crippen LogP contribution in [0.1, 0.15) is 21.4 Å². The molecular weight excluding hydrogens is 414 g/mol. The smallest absolute Gasteiger partial charge is 0.273 e. The maximum absolute atomic E-state index is 13.5. The first-order chi connectivity index (χ1) is 15.0. The van der Waals surface area contributed by atoms with Crippen molar-refractivity contribution in [2.24, 2.45) is 7.05 Å². The van der Waals surface area contributed by atoms with Gasteiger partial charge in [0.1, 0.15) is 16.8 Å². The van der Waals surface area contributed by atoms with Crippen LogP contribution in [0.4, 0.5) is 0 Å². The number of hydrogen-bond donors (Lipinski definition) is 0. The van der Waals surface area contributed by atoms with Crippen LogP contribution in [0.25, 0.3) is 11.3 Å². The molecule has 2 aromatic carbocycles. The second kappa shape index (κ2) is 8.93. The van der Waals surface area contributed by atoms with Gasteiger partial charge in [-0.3, -0.25) is 9.48 Å². The molecule has 3 aromatic rings. The van der Waals surface area contributed by atoms with Gasteiger partial charge < -0.3 is 19.1 Å². The van der Waals surface area contributed by atoms with Crippen LogP contribution in [0.3, 0.4) is 0 Å². The third-order valence-corrected chi connectivity index (χ3v) is 6.57. The molecule has 1 fully saturated rings. The summed E-state index contributed by atoms with van der Waals surface area (Å²) < 4.78 is 17.7. The van der Waals surface area contributed by atoms with Crippen LogP contribution in [0.5, 0.6) is 17.2 Å². The van der Waals surface area contributed by atoms with Crippen molar-refractivity contribution in [3.8, 4) is 28.5 Å². The molecule has 1 amide bonds. The molecule has 0 aliphatic carbocycles. The number of aryl methyl sites for hydroxylation is 1. The van der Waals surface area contributed by atoms with Crippen molar-refractivity contribution in [1.82, 2.24) is 14.7 Å². The Morgan fingerprint density at radius 2 is 1.84 bits per heavy atom. The lowest BCUT2D eigenvalue weighted by Gasteiger charge is -2.24. The summed E-state index contributed by atoms with van der Waals surface area (Å²) in [6, 6.07) is 15.3. The van der Waals surface area contributed by atoms with Gasteiger partial charge in [-0.05, 0) is 35.9 Å². The van der Waals surface area contributed by atoms with Gasteiger partial charge in [0.2, 0.25) is 0 Å². The summed E-state index contributed by atoms with van der Waals surface area (Å²) in [6.45, 7) is 0.669. The van der Waals surface area contributed by atoms with E-state index in [1.54, 1.807) is 44.8 Å². The molecule has 1 aliphatic heterocycles. The normalized spacial score (nSPS) is 15.7. The molecule has 0 radical (unpaired) electrons. The van der Waals surface area contributed by atoms with E-state index in [1.165, 1.54) is 0 Å². The number of hydrogen-bond acceptors (Lipinski definition) is 6. The number of aromatic nitrogens is 2. The highest BCUT2D eigenvalue weighted by Crippen LogP contribution is 2.41. The number of nitrogens with zero attached hydrogens (tertiary/aromatic N) is 3. The zero-order chi connectivity index (χ0) is 22.0. The minimum absolute atomic E-state index is 0.0473. The fourth-order valence-corrected chi connectivity index (χ4v) is 4.94. The van der Waals surface area contributed by atoms with E-state index in [9.17, 15) is 4.79 Å². The van der Waals surface area contributed by atoms with Crippen molar-refractivity contribution >= 4 is 17.7 Å². The molecule has 7 nitrogen and oxygen atoms in total. The number of benzene rings is 2. The molecule has 0 saturated carbocycles. The van der Waals surface area contributed by atoms with Crippen molar-refractivity contribution < 1.29 is 19.0 Å². The van der Waals surface area contributed by atoms with E-state index in [1.807, 2.05) is 53.4 Å². The highest BCUT2D eigenvalue weighted by Gasteiger charge is 2.33. The number of methoxy groups -OCH3 is 3. The van der Waals surface area contributed by atoms with Crippen LogP contribution in [0, 0.1) is 0 Å². The van der Waals surface area contributed by atoms with Gasteiger partial charge in [-0.25, -0.2) is 0 Å². The largest absolute Gasteiger partial charge is 0.497 e. The quantitative estimate of drug-likeness (QED) is 0.578. The average Bonchev–Trinajstić information content (AvgIpc) is 3.45. The van der Waals surface area contributed by atoms with Crippen LogP contribution in [-0.2, 0) is 7.05 Å². The zero-order valence-corrected chi connectivity index (χ0v) is 18.8. The molecule has 0 bridgehead atoms. The first-order valence-electron chi connectivity index (χ1n) is 9.88. The van der Waals surface area contributed by atoms with E-state index in [2.05, 4.69) is 5.10 Å². The fourth-order valence-electron chi connectivity index (χ4n) is 3.70. The first kappa shape index (κ1) is 21.1. The first-order valence-corrected chi connectivity index (χ1v) is 10.9. The highest BCUT2D eigenvalue weighted by molar-refractivity contribution is 7.99. The molecule has 0 spiro atoms. The van der Waals surface area contributed by atoms with Gasteiger partial charge in [-0.1, -0.05) is 18.2 Å². The molecule has 1 saturated heterocycles. The van der Waals surface area contributed by atoms with Crippen molar-refractivity contribution in [1.29, 1.82) is 0 Å². The number of rotatable bonds is 6. The Balaban J connectivity index is 1.62. The Morgan fingerprint density at radius 1 is 1.03 bits per heavy atom. The lowest BCUT2D eigenvalue weighted by Crippen LogP contribution is -2.31. The Labute approximate surface area is 185 Å². The van der Waals surface area contributed by atoms with Crippen LogP contribution in [0.2, 0.25) is 0 Å². The van der Waals surface area contributed by atoms with E-state index >= 15 is 0 Å². The summed E-state index contributed by atoms with van der Waals surface area (Å²) in [5.74, 6) is 2.89. The van der Waals surface area contributed by atoms with Gasteiger partial charge in [0.15, 0.2) is 11.5 Å². The van der Waals surface area contributed by atoms with Crippen molar-refractivity contribution in [3.63, 3.8) is 0 Å². The molecule has 4 rings (SSSR count). The Kier molecular flexibility index (Phi) is 6.08. The Bertz CT molecular complexity index is 1100. The Hall–Kier alpha value is -3.13. The topological polar surface area (TPSA) is 65.8 Å². The van der Waals surface area contributed by atoms with Crippen molar-refractivity contribution in [3.05, 3.63) is 59.8 Å². The van der Waals surface area contributed by atoms with Crippen molar-refractivity contribution in [2.75, 3.05) is 33.6 Å². The highest BCUT2D eigenvalue weighted by atomic mass is 32.2. The van der Waals surface area contributed by atoms with Gasteiger partial charge in [-0.15, -0.1) is 11.8 Å².